The maximum absolute atomic E-state index is 4.48. The molecule has 2 fully saturated rings. The molecule has 1 saturated carbocycles. The maximum Gasteiger partial charge on any atom is 0.193 e. The molecule has 0 aromatic heterocycles. The highest BCUT2D eigenvalue weighted by atomic mass is 15.3. The second kappa shape index (κ2) is 5.86. The van der Waals surface area contributed by atoms with Gasteiger partial charge in [0.2, 0.25) is 0 Å². The fourth-order valence-electron chi connectivity index (χ4n) is 3.11. The molecule has 2 atom stereocenters. The van der Waals surface area contributed by atoms with Crippen LogP contribution in [0, 0.1) is 5.92 Å². The van der Waals surface area contributed by atoms with Crippen LogP contribution in [-0.4, -0.2) is 37.0 Å². The lowest BCUT2D eigenvalue weighted by Crippen LogP contribution is -2.46. The smallest absolute Gasteiger partial charge is 0.193 e. The average Bonchev–Trinajstić information content (AvgIpc) is 3.26. The van der Waals surface area contributed by atoms with Crippen LogP contribution in [0.1, 0.15) is 37.7 Å². The minimum atomic E-state index is 0.565. The van der Waals surface area contributed by atoms with Crippen LogP contribution < -0.4 is 5.32 Å². The minimum Gasteiger partial charge on any atom is -0.353 e. The van der Waals surface area contributed by atoms with Crippen LogP contribution in [0.2, 0.25) is 0 Å². The Morgan fingerprint density at radius 1 is 1.20 bits per heavy atom. The van der Waals surface area contributed by atoms with E-state index in [4.69, 9.17) is 0 Å². The summed E-state index contributed by atoms with van der Waals surface area (Å²) in [5.74, 6) is 2.62. The van der Waals surface area contributed by atoms with Gasteiger partial charge in [0.25, 0.3) is 0 Å². The fourth-order valence-corrected chi connectivity index (χ4v) is 3.11. The molecule has 108 valence electrons. The molecular weight excluding hydrogens is 246 g/mol. The monoisotopic (exact) mass is 271 g/mol. The highest BCUT2D eigenvalue weighted by molar-refractivity contribution is 5.80. The first-order valence-corrected chi connectivity index (χ1v) is 7.81. The molecule has 3 nitrogen and oxygen atoms in total. The van der Waals surface area contributed by atoms with Crippen molar-refractivity contribution in [2.45, 2.75) is 38.1 Å². The summed E-state index contributed by atoms with van der Waals surface area (Å²) in [5, 5.41) is 3.65. The lowest BCUT2D eigenvalue weighted by Gasteiger charge is -2.33. The first-order valence-electron chi connectivity index (χ1n) is 7.81. The van der Waals surface area contributed by atoms with Crippen molar-refractivity contribution in [2.75, 3.05) is 20.1 Å². The molecule has 0 amide bonds. The molecule has 0 radical (unpaired) electrons. The highest BCUT2D eigenvalue weighted by Crippen LogP contribution is 2.40. The van der Waals surface area contributed by atoms with Crippen molar-refractivity contribution in [3.63, 3.8) is 0 Å². The third kappa shape index (κ3) is 2.97. The van der Waals surface area contributed by atoms with Gasteiger partial charge in [-0.1, -0.05) is 37.3 Å². The number of likely N-dealkylation sites (tertiary alicyclic amines) is 1. The van der Waals surface area contributed by atoms with E-state index in [9.17, 15) is 0 Å². The normalized spacial score (nSPS) is 27.5. The van der Waals surface area contributed by atoms with Gasteiger partial charge in [0.15, 0.2) is 5.96 Å². The number of nitrogens with one attached hydrogen (secondary N) is 1. The predicted octanol–water partition coefficient (Wildman–Crippen LogP) is 2.85. The number of benzene rings is 1. The van der Waals surface area contributed by atoms with Gasteiger partial charge in [0.05, 0.1) is 0 Å². The summed E-state index contributed by atoms with van der Waals surface area (Å²) in [6, 6.07) is 11.4. The van der Waals surface area contributed by atoms with E-state index in [0.717, 1.165) is 25.0 Å². The summed E-state index contributed by atoms with van der Waals surface area (Å²) in [4.78, 5) is 6.89. The topological polar surface area (TPSA) is 27.6 Å². The van der Waals surface area contributed by atoms with Gasteiger partial charge in [-0.25, -0.2) is 0 Å². The third-order valence-electron chi connectivity index (χ3n) is 4.63. The summed E-state index contributed by atoms with van der Waals surface area (Å²) >= 11 is 0. The van der Waals surface area contributed by atoms with E-state index >= 15 is 0 Å². The second-order valence-electron chi connectivity index (χ2n) is 6.22. The molecular formula is C17H25N3. The van der Waals surface area contributed by atoms with E-state index in [0.29, 0.717) is 12.0 Å². The molecule has 2 aliphatic rings. The van der Waals surface area contributed by atoms with Gasteiger partial charge in [-0.3, -0.25) is 4.99 Å². The molecule has 1 heterocycles. The van der Waals surface area contributed by atoms with E-state index in [2.05, 4.69) is 52.5 Å². The summed E-state index contributed by atoms with van der Waals surface area (Å²) in [7, 11) is 1.90. The lowest BCUT2D eigenvalue weighted by molar-refractivity contribution is 0.273. The van der Waals surface area contributed by atoms with E-state index in [1.165, 1.54) is 24.8 Å². The summed E-state index contributed by atoms with van der Waals surface area (Å²) in [6.07, 6.45) is 3.80. The van der Waals surface area contributed by atoms with Gasteiger partial charge in [-0.2, -0.15) is 0 Å². The molecule has 0 bridgehead atoms. The molecule has 1 saturated heterocycles. The van der Waals surface area contributed by atoms with Gasteiger partial charge in [0.1, 0.15) is 0 Å². The van der Waals surface area contributed by atoms with Crippen LogP contribution in [0.15, 0.2) is 35.3 Å². The quantitative estimate of drug-likeness (QED) is 0.661. The van der Waals surface area contributed by atoms with Crippen LogP contribution in [-0.2, 0) is 0 Å². The van der Waals surface area contributed by atoms with Gasteiger partial charge >= 0.3 is 0 Å². The van der Waals surface area contributed by atoms with Gasteiger partial charge in [-0.05, 0) is 30.7 Å². The molecule has 1 aliphatic heterocycles. The predicted molar refractivity (Wildman–Crippen MR) is 84.1 cm³/mol. The molecule has 2 unspecified atom stereocenters. The molecule has 1 aromatic rings. The van der Waals surface area contributed by atoms with Gasteiger partial charge in [0, 0.05) is 32.1 Å². The van der Waals surface area contributed by atoms with Crippen molar-refractivity contribution in [1.82, 2.24) is 10.2 Å². The Labute approximate surface area is 122 Å². The molecule has 1 N–H and O–H groups in total. The molecule has 3 heteroatoms. The Morgan fingerprint density at radius 3 is 2.55 bits per heavy atom. The summed E-state index contributed by atoms with van der Waals surface area (Å²) < 4.78 is 0. The number of nitrogens with zero attached hydrogens (tertiary/aromatic N) is 2. The SMILES string of the molecule is CN=C(NC1CC1c1ccccc1)N1CCC(C)CC1. The van der Waals surface area contributed by atoms with Crippen LogP contribution >= 0.6 is 0 Å². The standard InChI is InChI=1S/C17H25N3/c1-13-8-10-20(11-9-13)17(18-2)19-16-12-15(16)14-6-4-3-5-7-14/h3-7,13,15-16H,8-12H2,1-2H3,(H,18,19). The van der Waals surface area contributed by atoms with Crippen LogP contribution in [0.4, 0.5) is 0 Å². The second-order valence-corrected chi connectivity index (χ2v) is 6.22. The average molecular weight is 271 g/mol. The first kappa shape index (κ1) is 13.5. The van der Waals surface area contributed by atoms with Gasteiger partial charge in [-0.15, -0.1) is 0 Å². The van der Waals surface area contributed by atoms with Crippen molar-refractivity contribution in [3.8, 4) is 0 Å². The zero-order valence-corrected chi connectivity index (χ0v) is 12.5. The Bertz CT molecular complexity index is 460. The number of rotatable bonds is 2. The van der Waals surface area contributed by atoms with E-state index in [1.54, 1.807) is 0 Å². The van der Waals surface area contributed by atoms with Crippen molar-refractivity contribution in [2.24, 2.45) is 10.9 Å². The first-order chi connectivity index (χ1) is 9.78. The van der Waals surface area contributed by atoms with Crippen molar-refractivity contribution in [3.05, 3.63) is 35.9 Å². The Morgan fingerprint density at radius 2 is 1.90 bits per heavy atom. The van der Waals surface area contributed by atoms with Crippen LogP contribution in [0.5, 0.6) is 0 Å². The van der Waals surface area contributed by atoms with E-state index < -0.39 is 0 Å². The number of piperidine rings is 1. The molecule has 0 spiro atoms. The van der Waals surface area contributed by atoms with Crippen molar-refractivity contribution >= 4 is 5.96 Å². The summed E-state index contributed by atoms with van der Waals surface area (Å²) in [6.45, 7) is 4.63. The van der Waals surface area contributed by atoms with E-state index in [1.807, 2.05) is 7.05 Å². The lowest BCUT2D eigenvalue weighted by atomic mass is 10.00. The summed E-state index contributed by atoms with van der Waals surface area (Å²) in [5.41, 5.74) is 1.45. The largest absolute Gasteiger partial charge is 0.353 e. The number of hydrogen-bond donors (Lipinski definition) is 1. The number of aliphatic imine (C=N–C) groups is 1. The van der Waals surface area contributed by atoms with Crippen LogP contribution in [0.25, 0.3) is 0 Å². The Kier molecular flexibility index (Phi) is 3.95. The Hall–Kier alpha value is -1.51. The van der Waals surface area contributed by atoms with Gasteiger partial charge < -0.3 is 10.2 Å². The number of hydrogen-bond acceptors (Lipinski definition) is 1. The fraction of sp³-hybridized carbons (Fsp3) is 0.588. The molecule has 20 heavy (non-hydrogen) atoms. The van der Waals surface area contributed by atoms with Crippen molar-refractivity contribution in [1.29, 1.82) is 0 Å². The van der Waals surface area contributed by atoms with Crippen LogP contribution in [0.3, 0.4) is 0 Å². The zero-order chi connectivity index (χ0) is 13.9. The molecule has 3 rings (SSSR count). The number of guanidine groups is 1. The zero-order valence-electron chi connectivity index (χ0n) is 12.5. The van der Waals surface area contributed by atoms with Crippen molar-refractivity contribution < 1.29 is 0 Å². The molecule has 1 aliphatic carbocycles. The molecule has 1 aromatic carbocycles. The van der Waals surface area contributed by atoms with E-state index in [-0.39, 0.29) is 0 Å². The minimum absolute atomic E-state index is 0.565. The third-order valence-corrected chi connectivity index (χ3v) is 4.63. The maximum atomic E-state index is 4.48. The Balaban J connectivity index is 1.55. The highest BCUT2D eigenvalue weighted by Gasteiger charge is 2.39.